The number of aliphatic hydroxyl groups is 1. The smallest absolute Gasteiger partial charge is 0.303 e. The van der Waals surface area contributed by atoms with E-state index in [1.54, 1.807) is 72.6 Å². The van der Waals surface area contributed by atoms with E-state index < -0.39 is 144 Å². The number of ether oxygens (including phenoxy) is 4. The fraction of sp³-hybridized carbons (Fsp3) is 0.624. The van der Waals surface area contributed by atoms with Gasteiger partial charge in [0, 0.05) is 140 Å². The molecule has 4 aromatic carbocycles. The highest BCUT2D eigenvalue weighted by Gasteiger charge is 2.50. The number of methoxy groups -OCH3 is 1. The second kappa shape index (κ2) is 59.9. The van der Waals surface area contributed by atoms with Gasteiger partial charge in [-0.05, 0) is 162 Å². The van der Waals surface area contributed by atoms with Crippen molar-refractivity contribution in [3.8, 4) is 5.75 Å². The lowest BCUT2D eigenvalue weighted by Crippen LogP contribution is -2.64. The Balaban J connectivity index is 0.839. The number of benzene rings is 4. The maximum atomic E-state index is 16.4. The summed E-state index contributed by atoms with van der Waals surface area (Å²) in [5.41, 5.74) is 2.67. The Morgan fingerprint density at radius 3 is 1.94 bits per heavy atom. The van der Waals surface area contributed by atoms with Crippen LogP contribution in [-0.2, 0) is 131 Å². The van der Waals surface area contributed by atoms with Crippen LogP contribution in [0.3, 0.4) is 0 Å². The summed E-state index contributed by atoms with van der Waals surface area (Å²) in [5.74, 6) is -9.63. The standard InChI is InChI=1S/C109H157FN14O21/c1-75-101(134)115-88(47-44-84(126)33-22-21-27-60-124(4,5)61-29-34-85(127)73-144-64-63-143-62-55-111-94(128)35-23-17-15-13-11-9-7-8-10-12-14-16-18-24-36-98(132)133)102(135)116-89-67-80-31-28-32-81(65-80)70-113-96(130)74-145-93-52-59-122-100(93)105(138)119-99(76(2)125)104(137)118-90(66-78-41-45-86(142-6)46-42-78)107(140)123-58-30-53-109(123,3)108(141)112-54-51-77-37-39-79(40-38-77)71-121(97(131)50-49-95(129)114-75)57-26-20-19-25-56-120-72-82(68-91(106(122)139)117-103(89)136)87-69-83(110)43-48-92(87)120/h28,31-32,37-43,45-46,48,65,69,72,75-76,88-91,93,99-100,125H,7-27,29-30,33-36,44,47,49-64,66-68,70-71,73-74H2,1-6H3,(H9-,111,112,113,114,115,116,117,118,119,128,129,130,132,133,134,135,136,137,138,141)/p+1/t75-,76+,88+,89-,90-,91-,93-,99-,100-,109-/m0/s1. The molecule has 145 heavy (non-hydrogen) atoms. The number of hydrogen-bond acceptors (Lipinski definition) is 20. The maximum Gasteiger partial charge on any atom is 0.303 e. The summed E-state index contributed by atoms with van der Waals surface area (Å²) in [6.45, 7) is 7.01. The zero-order chi connectivity index (χ0) is 104. The molecule has 12 amide bonds. The van der Waals surface area contributed by atoms with Gasteiger partial charge in [0.15, 0.2) is 5.78 Å². The molecule has 36 heteroatoms. The Hall–Kier alpha value is -11.6. The number of fused-ring (bicyclic) bond motifs is 16. The van der Waals surface area contributed by atoms with Crippen molar-refractivity contribution < 1.29 is 110 Å². The normalized spacial score (nSPS) is 21.9. The van der Waals surface area contributed by atoms with Gasteiger partial charge in [-0.1, -0.05) is 151 Å². The molecule has 5 aromatic rings. The number of ketones is 2. The summed E-state index contributed by atoms with van der Waals surface area (Å²) >= 11 is 0. The summed E-state index contributed by atoms with van der Waals surface area (Å²) in [7, 11) is 5.64. The van der Waals surface area contributed by atoms with Crippen LogP contribution >= 0.6 is 0 Å². The number of aromatic nitrogens is 1. The number of carboxylic acids is 1. The first kappa shape index (κ1) is 115. The van der Waals surface area contributed by atoms with Crippen molar-refractivity contribution in [1.82, 2.24) is 67.1 Å². The lowest BCUT2D eigenvalue weighted by Gasteiger charge is -2.37. The van der Waals surface area contributed by atoms with E-state index in [0.717, 1.165) is 67.5 Å². The van der Waals surface area contributed by atoms with Gasteiger partial charge in [0.25, 0.3) is 0 Å². The lowest BCUT2D eigenvalue weighted by atomic mass is 9.95. The maximum absolute atomic E-state index is 16.4. The topological polar surface area (TPSA) is 456 Å². The van der Waals surface area contributed by atoms with Crippen LogP contribution in [-0.4, -0.2) is 282 Å². The van der Waals surface area contributed by atoms with Gasteiger partial charge in [-0.3, -0.25) is 71.9 Å². The zero-order valence-corrected chi connectivity index (χ0v) is 86.0. The molecule has 1 aromatic heterocycles. The number of rotatable bonds is 42. The van der Waals surface area contributed by atoms with E-state index in [2.05, 4.69) is 61.9 Å². The van der Waals surface area contributed by atoms with Crippen molar-refractivity contribution in [1.29, 1.82) is 0 Å². The number of quaternary nitrogens is 1. The molecule has 0 spiro atoms. The first-order valence-electron chi connectivity index (χ1n) is 52.8. The Kier molecular flexibility index (Phi) is 47.6. The number of unbranched alkanes of at least 4 members (excludes halogenated alkanes) is 15. The first-order chi connectivity index (χ1) is 69.7. The van der Waals surface area contributed by atoms with Crippen LogP contribution in [0.2, 0.25) is 0 Å². The molecule has 0 unspecified atom stereocenters. The van der Waals surface area contributed by atoms with Crippen molar-refractivity contribution in [2.24, 2.45) is 0 Å². The predicted octanol–water partition coefficient (Wildman–Crippen LogP) is 8.99. The van der Waals surface area contributed by atoms with Gasteiger partial charge in [-0.25, -0.2) is 4.39 Å². The Labute approximate surface area is 852 Å². The van der Waals surface area contributed by atoms with E-state index in [1.807, 2.05) is 28.8 Å². The van der Waals surface area contributed by atoms with Crippen LogP contribution in [0.15, 0.2) is 97.2 Å². The number of nitrogens with one attached hydrogen (secondary N) is 9. The number of Topliss-reactive ketones (excluding diaryl/α,β-unsaturated/α-hetero) is 2. The first-order valence-corrected chi connectivity index (χ1v) is 52.8. The van der Waals surface area contributed by atoms with E-state index in [-0.39, 0.29) is 140 Å². The number of nitrogens with zero attached hydrogens (tertiary/aromatic N) is 5. The third-order valence-corrected chi connectivity index (χ3v) is 28.4. The highest BCUT2D eigenvalue weighted by molar-refractivity contribution is 6.00. The van der Waals surface area contributed by atoms with Crippen LogP contribution in [0.4, 0.5) is 4.39 Å². The Morgan fingerprint density at radius 2 is 1.23 bits per heavy atom. The lowest BCUT2D eigenvalue weighted by molar-refractivity contribution is -0.890. The zero-order valence-electron chi connectivity index (χ0n) is 86.0. The average molecular weight is 2020 g/mol. The van der Waals surface area contributed by atoms with Crippen molar-refractivity contribution >= 4 is 99.3 Å². The molecular formula is C109H158FN14O21+. The molecule has 0 radical (unpaired) electrons. The van der Waals surface area contributed by atoms with Crippen LogP contribution in [0.25, 0.3) is 10.9 Å². The van der Waals surface area contributed by atoms with Gasteiger partial charge in [0.2, 0.25) is 70.9 Å². The molecule has 0 saturated carbocycles. The summed E-state index contributed by atoms with van der Waals surface area (Å²) in [5, 5.41) is 46.4. The minimum Gasteiger partial charge on any atom is -0.497 e. The van der Waals surface area contributed by atoms with Gasteiger partial charge in [-0.15, -0.1) is 0 Å². The van der Waals surface area contributed by atoms with Crippen molar-refractivity contribution in [3.63, 3.8) is 0 Å². The number of halogens is 1. The highest BCUT2D eigenvalue weighted by Crippen LogP contribution is 2.33. The van der Waals surface area contributed by atoms with E-state index in [1.165, 1.54) is 89.4 Å². The quantitative estimate of drug-likeness (QED) is 0.0128. The molecule has 796 valence electrons. The summed E-state index contributed by atoms with van der Waals surface area (Å²) in [6, 6.07) is 14.0. The predicted molar refractivity (Wildman–Crippen MR) is 544 cm³/mol. The number of carbonyl (C=O) groups is 15. The molecule has 6 aliphatic heterocycles. The molecule has 12 bridgehead atoms. The van der Waals surface area contributed by atoms with E-state index in [4.69, 9.17) is 24.1 Å². The van der Waals surface area contributed by atoms with Crippen LogP contribution < -0.4 is 52.6 Å². The monoisotopic (exact) mass is 2020 g/mol. The molecule has 35 nitrogen and oxygen atoms in total. The Morgan fingerprint density at radius 1 is 0.579 bits per heavy atom. The van der Waals surface area contributed by atoms with Crippen LogP contribution in [0.1, 0.15) is 266 Å². The number of aliphatic carboxylic acids is 1. The molecule has 2 saturated heterocycles. The van der Waals surface area contributed by atoms with Gasteiger partial charge >= 0.3 is 5.97 Å². The minimum absolute atomic E-state index is 0.00374. The summed E-state index contributed by atoms with van der Waals surface area (Å²) < 4.78 is 41.5. The molecule has 6 aliphatic rings. The number of aryl methyl sites for hydroxylation is 1. The molecule has 11 rings (SSSR count). The summed E-state index contributed by atoms with van der Waals surface area (Å²) in [6.07, 6.45) is 19.4. The number of carbonyl (C=O) groups excluding carboxylic acids is 14. The fourth-order valence-corrected chi connectivity index (χ4v) is 19.8. The van der Waals surface area contributed by atoms with Gasteiger partial charge in [0.1, 0.15) is 78.4 Å². The van der Waals surface area contributed by atoms with Gasteiger partial charge in [0.05, 0.1) is 66.3 Å². The van der Waals surface area contributed by atoms with Crippen LogP contribution in [0, 0.1) is 5.82 Å². The Bertz CT molecular complexity index is 5110. The molecule has 0 aliphatic carbocycles. The van der Waals surface area contributed by atoms with Crippen molar-refractivity contribution in [2.45, 2.75) is 338 Å². The second-order valence-electron chi connectivity index (χ2n) is 40.6. The SMILES string of the molecule is COc1ccc(C[C@@H]2NC(=O)[C@H]([C@@H](C)O)NC(=O)[C@@H]3[C@@H]4CCN3C(=O)[C@@H]3Cc5cn(c6ccc(F)cc56)CCCCCCN(Cc5ccc(cc5)CCNC(=O)[C@]5(C)CCCN5C2=O)C(=O)CCC(=O)N[C@@H](C)C(=O)N[C@H](CCC(=O)CCCCC[N+](C)(C)CCCC(=O)COCCOCCNC(=O)CCCCCCCCCCCCCCCCC(=O)O)C(=O)N[C@@H](Cc2cccc(c2)CNC(=O)CO4)C(=O)N3)cc1. The molecule has 11 N–H and O–H groups in total. The number of amides is 12. The minimum atomic E-state index is -1.87. The van der Waals surface area contributed by atoms with Gasteiger partial charge < -0.3 is 101 Å². The van der Waals surface area contributed by atoms with Crippen LogP contribution in [0.5, 0.6) is 5.75 Å². The molecule has 2 fully saturated rings. The third kappa shape index (κ3) is 38.3. The van der Waals surface area contributed by atoms with Crippen molar-refractivity contribution in [3.05, 3.63) is 136 Å². The highest BCUT2D eigenvalue weighted by atomic mass is 19.1. The largest absolute Gasteiger partial charge is 0.497 e. The molecular weight excluding hydrogens is 1860 g/mol. The molecule has 10 atom stereocenters. The molecule has 7 heterocycles. The number of aliphatic hydroxyl groups excluding tert-OH is 1. The average Bonchev–Trinajstić information content (AvgIpc) is 1.68. The van der Waals surface area contributed by atoms with Gasteiger partial charge in [-0.2, -0.15) is 0 Å². The van der Waals surface area contributed by atoms with E-state index >= 15 is 33.2 Å². The van der Waals surface area contributed by atoms with Crippen molar-refractivity contribution in [2.75, 3.05) is 100 Å². The number of hydrogen-bond donors (Lipinski definition) is 11. The summed E-state index contributed by atoms with van der Waals surface area (Å²) in [4.78, 5) is 221. The van der Waals surface area contributed by atoms with E-state index in [0.29, 0.717) is 147 Å². The fourth-order valence-electron chi connectivity index (χ4n) is 19.8. The third-order valence-electron chi connectivity index (χ3n) is 28.4. The second-order valence-corrected chi connectivity index (χ2v) is 40.6. The van der Waals surface area contributed by atoms with E-state index in [9.17, 15) is 48.3 Å². The number of carboxylic acid groups (broad SMARTS) is 1.